The zero-order chi connectivity index (χ0) is 13.4. The van der Waals surface area contributed by atoms with Crippen molar-refractivity contribution in [3.05, 3.63) is 56.5 Å². The number of rotatable bonds is 3. The fourth-order valence-electron chi connectivity index (χ4n) is 2.06. The largest absolute Gasteiger partial charge is 0.152 e. The van der Waals surface area contributed by atoms with Gasteiger partial charge in [-0.25, -0.2) is 0 Å². The van der Waals surface area contributed by atoms with Gasteiger partial charge in [-0.05, 0) is 50.7 Å². The molecule has 0 aliphatic rings. The molecule has 96 valence electrons. The summed E-state index contributed by atoms with van der Waals surface area (Å²) >= 11 is 6.90. The molecule has 4 aromatic rings. The molecule has 0 spiro atoms. The summed E-state index contributed by atoms with van der Waals surface area (Å²) in [5.41, 5.74) is 5.00. The lowest BCUT2D eigenvalue weighted by Gasteiger charge is -1.98. The maximum absolute atomic E-state index is 3.28. The van der Waals surface area contributed by atoms with Gasteiger partial charge in [0.2, 0.25) is 0 Å². The SMILES string of the molecule is [c]1[c]c(-c2csc(-c3ccsc3)c2)c(-c2ccsc2)s1. The van der Waals surface area contributed by atoms with Gasteiger partial charge in [-0.15, -0.1) is 22.7 Å². The van der Waals surface area contributed by atoms with E-state index in [1.807, 2.05) is 0 Å². The van der Waals surface area contributed by atoms with E-state index in [9.17, 15) is 0 Å². The van der Waals surface area contributed by atoms with Gasteiger partial charge in [0.1, 0.15) is 0 Å². The van der Waals surface area contributed by atoms with Crippen molar-refractivity contribution in [3.8, 4) is 32.0 Å². The summed E-state index contributed by atoms with van der Waals surface area (Å²) in [7, 11) is 0. The third-order valence-electron chi connectivity index (χ3n) is 3.03. The maximum atomic E-state index is 3.28. The summed E-state index contributed by atoms with van der Waals surface area (Å²) in [6, 6.07) is 9.87. The van der Waals surface area contributed by atoms with Gasteiger partial charge in [0.05, 0.1) is 5.38 Å². The summed E-state index contributed by atoms with van der Waals surface area (Å²) in [5.74, 6) is 0. The minimum absolute atomic E-state index is 1.17. The Labute approximate surface area is 133 Å². The van der Waals surface area contributed by atoms with E-state index >= 15 is 0 Å². The standard InChI is InChI=1S/C16H8S4/c1-4-17-8-11(1)15-7-13(10-20-15)14-3-6-19-16(14)12-2-5-18-9-12/h1-2,4-5,7-10H. The first-order valence-corrected chi connectivity index (χ1v) is 9.56. The molecule has 0 aliphatic carbocycles. The lowest BCUT2D eigenvalue weighted by Crippen LogP contribution is -1.73. The molecule has 0 nitrogen and oxygen atoms in total. The summed E-state index contributed by atoms with van der Waals surface area (Å²) in [5, 5.41) is 14.0. The zero-order valence-electron chi connectivity index (χ0n) is 10.3. The van der Waals surface area contributed by atoms with Gasteiger partial charge in [0, 0.05) is 32.5 Å². The van der Waals surface area contributed by atoms with E-state index in [0.717, 1.165) is 0 Å². The molecule has 0 aromatic carbocycles. The van der Waals surface area contributed by atoms with Crippen molar-refractivity contribution in [1.82, 2.24) is 0 Å². The molecule has 0 saturated heterocycles. The predicted molar refractivity (Wildman–Crippen MR) is 91.9 cm³/mol. The molecular weight excluding hydrogens is 320 g/mol. The van der Waals surface area contributed by atoms with E-state index in [2.05, 4.69) is 56.5 Å². The first-order chi connectivity index (χ1) is 9.92. The van der Waals surface area contributed by atoms with Crippen LogP contribution in [0.2, 0.25) is 0 Å². The quantitative estimate of drug-likeness (QED) is 0.401. The molecule has 4 rings (SSSR count). The highest BCUT2D eigenvalue weighted by Gasteiger charge is 2.12. The average molecular weight is 329 g/mol. The van der Waals surface area contributed by atoms with Crippen molar-refractivity contribution in [1.29, 1.82) is 0 Å². The van der Waals surface area contributed by atoms with E-state index in [1.165, 1.54) is 32.0 Å². The van der Waals surface area contributed by atoms with Crippen molar-refractivity contribution in [2.24, 2.45) is 0 Å². The van der Waals surface area contributed by atoms with Crippen LogP contribution in [0.25, 0.3) is 32.0 Å². The molecule has 20 heavy (non-hydrogen) atoms. The monoisotopic (exact) mass is 328 g/mol. The molecule has 2 radical (unpaired) electrons. The van der Waals surface area contributed by atoms with E-state index in [1.54, 1.807) is 45.3 Å². The molecule has 0 atom stereocenters. The van der Waals surface area contributed by atoms with Gasteiger partial charge < -0.3 is 0 Å². The third kappa shape index (κ3) is 2.19. The average Bonchev–Trinajstić information content (AvgIpc) is 3.23. The number of thiophene rings is 4. The normalized spacial score (nSPS) is 11.0. The first-order valence-electron chi connectivity index (χ1n) is 5.98. The Morgan fingerprint density at radius 2 is 1.65 bits per heavy atom. The van der Waals surface area contributed by atoms with E-state index in [4.69, 9.17) is 0 Å². The van der Waals surface area contributed by atoms with Crippen LogP contribution < -0.4 is 0 Å². The molecule has 0 fully saturated rings. The minimum atomic E-state index is 1.17. The number of hydrogen-bond donors (Lipinski definition) is 0. The second-order valence-electron chi connectivity index (χ2n) is 4.26. The first kappa shape index (κ1) is 12.5. The molecule has 0 bridgehead atoms. The summed E-state index contributed by atoms with van der Waals surface area (Å²) in [4.78, 5) is 2.58. The van der Waals surface area contributed by atoms with E-state index in [0.29, 0.717) is 0 Å². The van der Waals surface area contributed by atoms with E-state index in [-0.39, 0.29) is 0 Å². The molecule has 0 saturated carbocycles. The second kappa shape index (κ2) is 5.30. The molecule has 0 aliphatic heterocycles. The van der Waals surface area contributed by atoms with Crippen LogP contribution in [-0.4, -0.2) is 0 Å². The van der Waals surface area contributed by atoms with Crippen LogP contribution in [0.3, 0.4) is 0 Å². The Kier molecular flexibility index (Phi) is 3.32. The summed E-state index contributed by atoms with van der Waals surface area (Å²) < 4.78 is 0. The fourth-order valence-corrected chi connectivity index (χ4v) is 5.18. The lowest BCUT2D eigenvalue weighted by atomic mass is 10.1. The van der Waals surface area contributed by atoms with Crippen LogP contribution in [0.15, 0.2) is 45.1 Å². The fraction of sp³-hybridized carbons (Fsp3) is 0. The van der Waals surface area contributed by atoms with Crippen molar-refractivity contribution in [2.75, 3.05) is 0 Å². The van der Waals surface area contributed by atoms with Gasteiger partial charge in [0.25, 0.3) is 0 Å². The second-order valence-corrected chi connectivity index (χ2v) is 7.54. The predicted octanol–water partition coefficient (Wildman–Crippen LogP) is 6.53. The molecule has 4 heterocycles. The Hall–Kier alpha value is -1.20. The smallest absolute Gasteiger partial charge is 0.0541 e. The summed E-state index contributed by atoms with van der Waals surface area (Å²) in [6.45, 7) is 0. The molecule has 0 unspecified atom stereocenters. The molecule has 0 N–H and O–H groups in total. The van der Waals surface area contributed by atoms with Crippen LogP contribution in [0, 0.1) is 11.4 Å². The van der Waals surface area contributed by atoms with Crippen molar-refractivity contribution >= 4 is 45.3 Å². The Bertz CT molecular complexity index is 801. The third-order valence-corrected chi connectivity index (χ3v) is 6.23. The van der Waals surface area contributed by atoms with Crippen LogP contribution in [0.5, 0.6) is 0 Å². The highest BCUT2D eigenvalue weighted by molar-refractivity contribution is 7.15. The lowest BCUT2D eigenvalue weighted by molar-refractivity contribution is 1.77. The highest BCUT2D eigenvalue weighted by atomic mass is 32.1. The maximum Gasteiger partial charge on any atom is 0.0541 e. The van der Waals surface area contributed by atoms with Gasteiger partial charge >= 0.3 is 0 Å². The van der Waals surface area contributed by atoms with E-state index < -0.39 is 0 Å². The van der Waals surface area contributed by atoms with Gasteiger partial charge in [-0.1, -0.05) is 0 Å². The molecular formula is C16H8S4. The molecule has 4 heteroatoms. The van der Waals surface area contributed by atoms with Crippen LogP contribution in [0.1, 0.15) is 0 Å². The Morgan fingerprint density at radius 1 is 0.850 bits per heavy atom. The van der Waals surface area contributed by atoms with Crippen molar-refractivity contribution in [2.45, 2.75) is 0 Å². The molecule has 4 aromatic heterocycles. The van der Waals surface area contributed by atoms with Gasteiger partial charge in [0.15, 0.2) is 0 Å². The Balaban J connectivity index is 1.78. The van der Waals surface area contributed by atoms with Crippen molar-refractivity contribution < 1.29 is 0 Å². The molecule has 0 amide bonds. The highest BCUT2D eigenvalue weighted by Crippen LogP contribution is 2.40. The number of hydrogen-bond acceptors (Lipinski definition) is 4. The minimum Gasteiger partial charge on any atom is -0.152 e. The van der Waals surface area contributed by atoms with Crippen molar-refractivity contribution in [3.63, 3.8) is 0 Å². The van der Waals surface area contributed by atoms with Crippen LogP contribution in [-0.2, 0) is 0 Å². The summed E-state index contributed by atoms with van der Waals surface area (Å²) in [6.07, 6.45) is 0. The van der Waals surface area contributed by atoms with Crippen LogP contribution >= 0.6 is 45.3 Å². The van der Waals surface area contributed by atoms with Crippen LogP contribution in [0.4, 0.5) is 0 Å². The topological polar surface area (TPSA) is 0 Å². The van der Waals surface area contributed by atoms with Gasteiger partial charge in [-0.2, -0.15) is 22.7 Å². The zero-order valence-corrected chi connectivity index (χ0v) is 13.5. The Morgan fingerprint density at radius 3 is 2.40 bits per heavy atom. The van der Waals surface area contributed by atoms with Gasteiger partial charge in [-0.3, -0.25) is 0 Å².